The molecule has 110 valence electrons. The molecular formula is C14H18BrNO4. The highest BCUT2D eigenvalue weighted by Gasteiger charge is 2.11. The molecule has 0 fully saturated rings. The van der Waals surface area contributed by atoms with Crippen LogP contribution in [-0.2, 0) is 16.0 Å². The van der Waals surface area contributed by atoms with Crippen LogP contribution >= 0.6 is 15.9 Å². The number of aryl methyl sites for hydroxylation is 1. The molecule has 0 bridgehead atoms. The van der Waals surface area contributed by atoms with E-state index in [0.29, 0.717) is 12.8 Å². The first-order valence-corrected chi connectivity index (χ1v) is 7.05. The van der Waals surface area contributed by atoms with Crippen molar-refractivity contribution in [2.24, 2.45) is 0 Å². The number of hydrogen-bond acceptors (Lipinski definition) is 3. The average molecular weight is 344 g/mol. The second-order valence-electron chi connectivity index (χ2n) is 4.54. The van der Waals surface area contributed by atoms with Gasteiger partial charge in [0.05, 0.1) is 18.0 Å². The van der Waals surface area contributed by atoms with E-state index in [2.05, 4.69) is 21.2 Å². The number of carboxylic acids is 1. The number of carbonyl (C=O) groups excluding carboxylic acids is 1. The van der Waals surface area contributed by atoms with Crippen LogP contribution in [0, 0.1) is 0 Å². The Labute approximate surface area is 126 Å². The fourth-order valence-corrected chi connectivity index (χ4v) is 2.37. The highest BCUT2D eigenvalue weighted by atomic mass is 79.9. The maximum absolute atomic E-state index is 11.7. The SMILES string of the molecule is COc1ccc(CCC(=O)NC(C)CC(=O)O)cc1Br. The molecule has 0 aromatic heterocycles. The fourth-order valence-electron chi connectivity index (χ4n) is 1.78. The first kappa shape index (κ1) is 16.5. The fraction of sp³-hybridized carbons (Fsp3) is 0.429. The summed E-state index contributed by atoms with van der Waals surface area (Å²) in [6.07, 6.45) is 0.844. The summed E-state index contributed by atoms with van der Waals surface area (Å²) < 4.78 is 5.98. The number of ether oxygens (including phenoxy) is 1. The third-order valence-corrected chi connectivity index (χ3v) is 3.36. The summed E-state index contributed by atoms with van der Waals surface area (Å²) in [5.74, 6) is -0.323. The minimum absolute atomic E-state index is 0.0696. The van der Waals surface area contributed by atoms with Crippen molar-refractivity contribution in [1.29, 1.82) is 0 Å². The molecule has 0 aliphatic rings. The van der Waals surface area contributed by atoms with Gasteiger partial charge in [0.15, 0.2) is 0 Å². The molecule has 0 heterocycles. The number of amides is 1. The predicted molar refractivity (Wildman–Crippen MR) is 78.9 cm³/mol. The number of hydrogen-bond donors (Lipinski definition) is 2. The van der Waals surface area contributed by atoms with E-state index in [-0.39, 0.29) is 18.4 Å². The van der Waals surface area contributed by atoms with Crippen LogP contribution in [0.15, 0.2) is 22.7 Å². The van der Waals surface area contributed by atoms with Crippen LogP contribution in [0.4, 0.5) is 0 Å². The average Bonchev–Trinajstić information content (AvgIpc) is 2.35. The summed E-state index contributed by atoms with van der Waals surface area (Å²) in [6, 6.07) is 5.29. The monoisotopic (exact) mass is 343 g/mol. The lowest BCUT2D eigenvalue weighted by atomic mass is 10.1. The van der Waals surface area contributed by atoms with Crippen molar-refractivity contribution in [1.82, 2.24) is 5.32 Å². The van der Waals surface area contributed by atoms with Crippen LogP contribution in [0.2, 0.25) is 0 Å². The standard InChI is InChI=1S/C14H18BrNO4/c1-9(7-14(18)19)16-13(17)6-4-10-3-5-12(20-2)11(15)8-10/h3,5,8-9H,4,6-7H2,1-2H3,(H,16,17)(H,18,19). The first-order chi connectivity index (χ1) is 9.42. The lowest BCUT2D eigenvalue weighted by molar-refractivity contribution is -0.137. The Morgan fingerprint density at radius 3 is 2.70 bits per heavy atom. The van der Waals surface area contributed by atoms with Crippen molar-refractivity contribution in [2.45, 2.75) is 32.2 Å². The maximum atomic E-state index is 11.7. The number of methoxy groups -OCH3 is 1. The van der Waals surface area contributed by atoms with E-state index >= 15 is 0 Å². The molecule has 1 rings (SSSR count). The molecule has 0 aliphatic carbocycles. The molecule has 1 aromatic rings. The van der Waals surface area contributed by atoms with Crippen molar-refractivity contribution in [3.8, 4) is 5.75 Å². The van der Waals surface area contributed by atoms with Crippen LogP contribution in [0.3, 0.4) is 0 Å². The summed E-state index contributed by atoms with van der Waals surface area (Å²) in [6.45, 7) is 1.68. The zero-order chi connectivity index (χ0) is 15.1. The molecule has 5 nitrogen and oxygen atoms in total. The van der Waals surface area contributed by atoms with Gasteiger partial charge in [0.1, 0.15) is 5.75 Å². The van der Waals surface area contributed by atoms with Gasteiger partial charge in [0.2, 0.25) is 5.91 Å². The normalized spacial score (nSPS) is 11.8. The summed E-state index contributed by atoms with van der Waals surface area (Å²) in [5.41, 5.74) is 1.01. The molecule has 0 saturated carbocycles. The van der Waals surface area contributed by atoms with Crippen LogP contribution in [0.5, 0.6) is 5.75 Å². The second-order valence-corrected chi connectivity index (χ2v) is 5.39. The van der Waals surface area contributed by atoms with Crippen molar-refractivity contribution in [3.63, 3.8) is 0 Å². The molecule has 1 amide bonds. The summed E-state index contributed by atoms with van der Waals surface area (Å²) in [5, 5.41) is 11.3. The zero-order valence-corrected chi connectivity index (χ0v) is 13.1. The number of carbonyl (C=O) groups is 2. The molecule has 1 atom stereocenters. The van der Waals surface area contributed by atoms with E-state index in [9.17, 15) is 9.59 Å². The Hall–Kier alpha value is -1.56. The largest absolute Gasteiger partial charge is 0.496 e. The Kier molecular flexibility index (Phi) is 6.51. The number of aliphatic carboxylic acids is 1. The van der Waals surface area contributed by atoms with Crippen LogP contribution in [0.1, 0.15) is 25.3 Å². The van der Waals surface area contributed by atoms with Gasteiger partial charge in [-0.25, -0.2) is 0 Å². The summed E-state index contributed by atoms with van der Waals surface area (Å²) in [7, 11) is 1.59. The third kappa shape index (κ3) is 5.61. The lowest BCUT2D eigenvalue weighted by Crippen LogP contribution is -2.34. The number of halogens is 1. The molecule has 1 aromatic carbocycles. The predicted octanol–water partition coefficient (Wildman–Crippen LogP) is 2.37. The number of benzene rings is 1. The van der Waals surface area contributed by atoms with E-state index < -0.39 is 5.97 Å². The van der Waals surface area contributed by atoms with Crippen molar-refractivity contribution in [2.75, 3.05) is 7.11 Å². The van der Waals surface area contributed by atoms with Crippen LogP contribution in [-0.4, -0.2) is 30.1 Å². The Balaban J connectivity index is 2.44. The maximum Gasteiger partial charge on any atom is 0.305 e. The van der Waals surface area contributed by atoms with Gasteiger partial charge in [-0.3, -0.25) is 9.59 Å². The summed E-state index contributed by atoms with van der Waals surface area (Å²) in [4.78, 5) is 22.2. The highest BCUT2D eigenvalue weighted by Crippen LogP contribution is 2.25. The van der Waals surface area contributed by atoms with Gasteiger partial charge in [0.25, 0.3) is 0 Å². The van der Waals surface area contributed by atoms with E-state index in [1.54, 1.807) is 14.0 Å². The molecule has 0 radical (unpaired) electrons. The molecule has 0 aliphatic heterocycles. The van der Waals surface area contributed by atoms with Crippen molar-refractivity contribution >= 4 is 27.8 Å². The second kappa shape index (κ2) is 7.89. The molecule has 0 spiro atoms. The smallest absolute Gasteiger partial charge is 0.305 e. The minimum Gasteiger partial charge on any atom is -0.496 e. The van der Waals surface area contributed by atoms with Gasteiger partial charge in [-0.2, -0.15) is 0 Å². The van der Waals surface area contributed by atoms with Gasteiger partial charge in [0, 0.05) is 12.5 Å². The third-order valence-electron chi connectivity index (χ3n) is 2.75. The van der Waals surface area contributed by atoms with Crippen molar-refractivity contribution < 1.29 is 19.4 Å². The minimum atomic E-state index is -0.920. The van der Waals surface area contributed by atoms with Gasteiger partial charge in [-0.15, -0.1) is 0 Å². The Bertz CT molecular complexity index is 490. The van der Waals surface area contributed by atoms with E-state index in [0.717, 1.165) is 15.8 Å². The molecule has 2 N–H and O–H groups in total. The highest BCUT2D eigenvalue weighted by molar-refractivity contribution is 9.10. The van der Waals surface area contributed by atoms with E-state index in [1.165, 1.54) is 0 Å². The first-order valence-electron chi connectivity index (χ1n) is 6.26. The number of carboxylic acid groups (broad SMARTS) is 1. The van der Waals surface area contributed by atoms with Crippen molar-refractivity contribution in [3.05, 3.63) is 28.2 Å². The molecular weight excluding hydrogens is 326 g/mol. The van der Waals surface area contributed by atoms with Gasteiger partial charge < -0.3 is 15.2 Å². The van der Waals surface area contributed by atoms with E-state index in [4.69, 9.17) is 9.84 Å². The zero-order valence-electron chi connectivity index (χ0n) is 11.5. The van der Waals surface area contributed by atoms with E-state index in [1.807, 2.05) is 18.2 Å². The molecule has 1 unspecified atom stereocenters. The van der Waals surface area contributed by atoms with Crippen LogP contribution in [0.25, 0.3) is 0 Å². The lowest BCUT2D eigenvalue weighted by Gasteiger charge is -2.11. The number of rotatable bonds is 7. The summed E-state index contributed by atoms with van der Waals surface area (Å²) >= 11 is 3.39. The Morgan fingerprint density at radius 2 is 2.15 bits per heavy atom. The van der Waals surface area contributed by atoms with Gasteiger partial charge in [-0.05, 0) is 47.0 Å². The molecule has 20 heavy (non-hydrogen) atoms. The number of nitrogens with one attached hydrogen (secondary N) is 1. The molecule has 0 saturated heterocycles. The quantitative estimate of drug-likeness (QED) is 0.796. The Morgan fingerprint density at radius 1 is 1.45 bits per heavy atom. The van der Waals surface area contributed by atoms with Gasteiger partial charge >= 0.3 is 5.97 Å². The van der Waals surface area contributed by atoms with Gasteiger partial charge in [-0.1, -0.05) is 6.07 Å². The van der Waals surface area contributed by atoms with Crippen LogP contribution < -0.4 is 10.1 Å². The topological polar surface area (TPSA) is 75.6 Å². The molecule has 6 heteroatoms.